The first-order valence-corrected chi connectivity index (χ1v) is 10.4. The smallest absolute Gasteiger partial charge is 0.103 e. The molecule has 1 aromatic heterocycles. The van der Waals surface area contributed by atoms with Crippen molar-refractivity contribution < 1.29 is 9.78 Å². The van der Waals surface area contributed by atoms with E-state index < -0.39 is 0 Å². The van der Waals surface area contributed by atoms with E-state index in [9.17, 15) is 0 Å². The standard InChI is InChI=1S/C21H27NO2.CH3Cl/c1-3-23-24-21-18-7-6-15(13-18)14-19(21)16-8-10-17(11-9-16)20-5-4-12-22(20)2;1-2/h4-5,8-12,15,18-19,21H,3,6-7,13-14H2,1-2H3;1H3. The molecule has 142 valence electrons. The summed E-state index contributed by atoms with van der Waals surface area (Å²) in [7, 11) is 2.09. The molecule has 2 aliphatic carbocycles. The van der Waals surface area contributed by atoms with E-state index in [1.807, 2.05) is 6.92 Å². The first-order valence-electron chi connectivity index (χ1n) is 9.64. The Morgan fingerprint density at radius 3 is 2.50 bits per heavy atom. The van der Waals surface area contributed by atoms with Gasteiger partial charge in [-0.15, -0.1) is 11.6 Å². The Bertz CT molecular complexity index is 682. The zero-order valence-electron chi connectivity index (χ0n) is 16.0. The SMILES string of the molecule is CCOOC1C2CCC(C2)CC1c1ccc(-c2cccn2C)cc1.CCl. The Balaban J connectivity index is 0.000000948. The van der Waals surface area contributed by atoms with Crippen molar-refractivity contribution in [3.05, 3.63) is 48.2 Å². The van der Waals surface area contributed by atoms with Gasteiger partial charge in [-0.3, -0.25) is 0 Å². The van der Waals surface area contributed by atoms with Crippen LogP contribution in [0.4, 0.5) is 0 Å². The zero-order valence-corrected chi connectivity index (χ0v) is 16.8. The van der Waals surface area contributed by atoms with Crippen LogP contribution in [0.3, 0.4) is 0 Å². The van der Waals surface area contributed by atoms with Crippen molar-refractivity contribution in [3.63, 3.8) is 0 Å². The fraction of sp³-hybridized carbons (Fsp3) is 0.545. The molecule has 2 saturated carbocycles. The lowest BCUT2D eigenvalue weighted by atomic mass is 9.75. The molecule has 4 unspecified atom stereocenters. The summed E-state index contributed by atoms with van der Waals surface area (Å²) in [5.74, 6) is 1.99. The predicted molar refractivity (Wildman–Crippen MR) is 107 cm³/mol. The lowest BCUT2D eigenvalue weighted by Gasteiger charge is -2.35. The van der Waals surface area contributed by atoms with E-state index in [4.69, 9.17) is 9.78 Å². The van der Waals surface area contributed by atoms with Gasteiger partial charge in [-0.1, -0.05) is 30.7 Å². The third-order valence-corrected chi connectivity index (χ3v) is 5.91. The first-order chi connectivity index (χ1) is 12.8. The first kappa shape index (κ1) is 19.5. The molecule has 2 aliphatic rings. The van der Waals surface area contributed by atoms with Crippen LogP contribution in [0.2, 0.25) is 0 Å². The summed E-state index contributed by atoms with van der Waals surface area (Å²) in [5, 5.41) is 0. The Morgan fingerprint density at radius 2 is 1.85 bits per heavy atom. The second-order valence-corrected chi connectivity index (χ2v) is 7.38. The fourth-order valence-electron chi connectivity index (χ4n) is 4.73. The molecule has 4 rings (SSSR count). The quantitative estimate of drug-likeness (QED) is 0.375. The number of benzene rings is 1. The van der Waals surface area contributed by atoms with Gasteiger partial charge in [0, 0.05) is 31.2 Å². The van der Waals surface area contributed by atoms with Gasteiger partial charge in [-0.05, 0) is 61.3 Å². The van der Waals surface area contributed by atoms with Crippen molar-refractivity contribution in [3.8, 4) is 11.3 Å². The molecule has 0 aliphatic heterocycles. The lowest BCUT2D eigenvalue weighted by Crippen LogP contribution is -2.34. The third-order valence-electron chi connectivity index (χ3n) is 5.91. The molecule has 3 nitrogen and oxygen atoms in total. The van der Waals surface area contributed by atoms with Crippen LogP contribution in [0.25, 0.3) is 11.3 Å². The highest BCUT2D eigenvalue weighted by Crippen LogP contribution is 2.49. The maximum atomic E-state index is 5.85. The average Bonchev–Trinajstić information content (AvgIpc) is 3.29. The van der Waals surface area contributed by atoms with E-state index in [1.165, 1.54) is 48.9 Å². The van der Waals surface area contributed by atoms with Crippen LogP contribution in [0, 0.1) is 11.8 Å². The van der Waals surface area contributed by atoms with E-state index in [2.05, 4.69) is 65.8 Å². The van der Waals surface area contributed by atoms with Gasteiger partial charge in [-0.2, -0.15) is 0 Å². The Morgan fingerprint density at radius 1 is 1.08 bits per heavy atom. The molecule has 1 aromatic carbocycles. The van der Waals surface area contributed by atoms with E-state index in [0.717, 1.165) is 5.92 Å². The highest BCUT2D eigenvalue weighted by Gasteiger charge is 2.43. The van der Waals surface area contributed by atoms with Crippen LogP contribution in [-0.2, 0) is 16.8 Å². The Kier molecular flexibility index (Phi) is 6.80. The van der Waals surface area contributed by atoms with Crippen LogP contribution in [0.1, 0.15) is 44.1 Å². The summed E-state index contributed by atoms with van der Waals surface area (Å²) in [6.07, 6.45) is 8.97. The summed E-state index contributed by atoms with van der Waals surface area (Å²) >= 11 is 4.64. The third kappa shape index (κ3) is 4.00. The maximum absolute atomic E-state index is 5.85. The van der Waals surface area contributed by atoms with Crippen molar-refractivity contribution in [2.24, 2.45) is 18.9 Å². The molecule has 0 amide bonds. The topological polar surface area (TPSA) is 23.4 Å². The molecule has 0 N–H and O–H groups in total. The minimum Gasteiger partial charge on any atom is -0.351 e. The van der Waals surface area contributed by atoms with E-state index in [0.29, 0.717) is 18.4 Å². The molecule has 0 spiro atoms. The van der Waals surface area contributed by atoms with Gasteiger partial charge in [0.2, 0.25) is 0 Å². The van der Waals surface area contributed by atoms with Gasteiger partial charge in [0.15, 0.2) is 0 Å². The lowest BCUT2D eigenvalue weighted by molar-refractivity contribution is -0.337. The maximum Gasteiger partial charge on any atom is 0.103 e. The molecule has 1 heterocycles. The molecule has 2 fully saturated rings. The second-order valence-electron chi connectivity index (χ2n) is 7.38. The summed E-state index contributed by atoms with van der Waals surface area (Å²) in [5.41, 5.74) is 3.92. The van der Waals surface area contributed by atoms with Crippen molar-refractivity contribution in [1.29, 1.82) is 0 Å². The normalized spacial score (nSPS) is 27.1. The predicted octanol–water partition coefficient (Wildman–Crippen LogP) is 5.79. The number of alkyl halides is 1. The number of aryl methyl sites for hydroxylation is 1. The van der Waals surface area contributed by atoms with Crippen molar-refractivity contribution in [2.75, 3.05) is 13.0 Å². The number of fused-ring (bicyclic) bond motifs is 2. The summed E-state index contributed by atoms with van der Waals surface area (Å²) < 4.78 is 2.16. The Hall–Kier alpha value is -1.29. The van der Waals surface area contributed by atoms with Crippen molar-refractivity contribution in [2.45, 2.75) is 44.6 Å². The fourth-order valence-corrected chi connectivity index (χ4v) is 4.73. The average molecular weight is 376 g/mol. The zero-order chi connectivity index (χ0) is 18.5. The summed E-state index contributed by atoms with van der Waals surface area (Å²) in [6, 6.07) is 13.3. The van der Waals surface area contributed by atoms with Gasteiger partial charge in [0.05, 0.1) is 6.61 Å². The molecule has 26 heavy (non-hydrogen) atoms. The number of nitrogens with zero attached hydrogens (tertiary/aromatic N) is 1. The van der Waals surface area contributed by atoms with Gasteiger partial charge in [0.1, 0.15) is 6.10 Å². The van der Waals surface area contributed by atoms with Gasteiger partial charge >= 0.3 is 0 Å². The van der Waals surface area contributed by atoms with Crippen LogP contribution in [-0.4, -0.2) is 23.7 Å². The monoisotopic (exact) mass is 375 g/mol. The highest BCUT2D eigenvalue weighted by molar-refractivity contribution is 6.15. The molecule has 4 atom stereocenters. The molecular formula is C22H30ClNO2. The van der Waals surface area contributed by atoms with Crippen LogP contribution < -0.4 is 0 Å². The van der Waals surface area contributed by atoms with Gasteiger partial charge in [0.25, 0.3) is 0 Å². The minimum atomic E-state index is 0.213. The number of aromatic nitrogens is 1. The van der Waals surface area contributed by atoms with Crippen LogP contribution in [0.15, 0.2) is 42.6 Å². The van der Waals surface area contributed by atoms with Crippen LogP contribution >= 0.6 is 11.6 Å². The Labute approximate surface area is 162 Å². The number of rotatable bonds is 5. The van der Waals surface area contributed by atoms with Gasteiger partial charge in [-0.25, -0.2) is 9.78 Å². The minimum absolute atomic E-state index is 0.213. The molecule has 2 bridgehead atoms. The molecule has 0 radical (unpaired) electrons. The molecule has 4 heteroatoms. The van der Waals surface area contributed by atoms with Crippen LogP contribution in [0.5, 0.6) is 0 Å². The van der Waals surface area contributed by atoms with Crippen molar-refractivity contribution in [1.82, 2.24) is 4.57 Å². The summed E-state index contributed by atoms with van der Waals surface area (Å²) in [6.45, 7) is 2.61. The number of hydrogen-bond acceptors (Lipinski definition) is 2. The second kappa shape index (κ2) is 9.07. The van der Waals surface area contributed by atoms with Crippen molar-refractivity contribution >= 4 is 11.6 Å². The highest BCUT2D eigenvalue weighted by atomic mass is 35.5. The van der Waals surface area contributed by atoms with Gasteiger partial charge < -0.3 is 4.57 Å². The largest absolute Gasteiger partial charge is 0.351 e. The van der Waals surface area contributed by atoms with E-state index >= 15 is 0 Å². The molecule has 2 aromatic rings. The molecule has 0 saturated heterocycles. The summed E-state index contributed by atoms with van der Waals surface area (Å²) in [4.78, 5) is 11.2. The van der Waals surface area contributed by atoms with E-state index in [-0.39, 0.29) is 6.10 Å². The number of hydrogen-bond donors (Lipinski definition) is 0. The number of halogens is 1. The van der Waals surface area contributed by atoms with E-state index in [1.54, 1.807) is 0 Å². The molecular weight excluding hydrogens is 346 g/mol.